The van der Waals surface area contributed by atoms with E-state index >= 15 is 0 Å². The molecule has 5 nitrogen and oxygen atoms in total. The van der Waals surface area contributed by atoms with Gasteiger partial charge >= 0.3 is 0 Å². The standard InChI is InChI=1S/C12H15N3O2/c13-12(3-5-17-6-4-12)11-14-9-2-1-8(16)7-10(9)15-11/h1-2,7,16H,3-6,13H2,(H,14,15). The lowest BCUT2D eigenvalue weighted by Crippen LogP contribution is -2.43. The van der Waals surface area contributed by atoms with Crippen LogP contribution in [-0.4, -0.2) is 28.3 Å². The first-order valence-electron chi connectivity index (χ1n) is 5.73. The molecule has 90 valence electrons. The van der Waals surface area contributed by atoms with E-state index in [9.17, 15) is 5.11 Å². The number of benzene rings is 1. The van der Waals surface area contributed by atoms with Gasteiger partial charge in [0.15, 0.2) is 0 Å². The minimum Gasteiger partial charge on any atom is -0.508 e. The highest BCUT2D eigenvalue weighted by atomic mass is 16.5. The van der Waals surface area contributed by atoms with E-state index in [4.69, 9.17) is 10.5 Å². The van der Waals surface area contributed by atoms with Gasteiger partial charge in [0, 0.05) is 19.3 Å². The van der Waals surface area contributed by atoms with E-state index in [-0.39, 0.29) is 5.75 Å². The van der Waals surface area contributed by atoms with E-state index in [1.807, 2.05) is 0 Å². The molecule has 1 saturated heterocycles. The number of imidazole rings is 1. The molecule has 0 amide bonds. The van der Waals surface area contributed by atoms with Gasteiger partial charge in [-0.15, -0.1) is 0 Å². The number of H-pyrrole nitrogens is 1. The van der Waals surface area contributed by atoms with Crippen LogP contribution >= 0.6 is 0 Å². The number of rotatable bonds is 1. The third-order valence-electron chi connectivity index (χ3n) is 3.32. The average molecular weight is 233 g/mol. The molecule has 0 radical (unpaired) electrons. The van der Waals surface area contributed by atoms with Gasteiger partial charge in [0.25, 0.3) is 0 Å². The van der Waals surface area contributed by atoms with Crippen molar-refractivity contribution in [1.29, 1.82) is 0 Å². The van der Waals surface area contributed by atoms with Crippen molar-refractivity contribution in [3.05, 3.63) is 24.0 Å². The van der Waals surface area contributed by atoms with Gasteiger partial charge in [0.05, 0.1) is 16.6 Å². The summed E-state index contributed by atoms with van der Waals surface area (Å²) in [5, 5.41) is 9.42. The van der Waals surface area contributed by atoms with Gasteiger partial charge < -0.3 is 20.6 Å². The Morgan fingerprint density at radius 3 is 2.88 bits per heavy atom. The molecule has 1 aromatic carbocycles. The van der Waals surface area contributed by atoms with Crippen LogP contribution in [-0.2, 0) is 10.3 Å². The van der Waals surface area contributed by atoms with Crippen LogP contribution in [0.3, 0.4) is 0 Å². The zero-order valence-corrected chi connectivity index (χ0v) is 9.44. The Morgan fingerprint density at radius 2 is 2.12 bits per heavy atom. The van der Waals surface area contributed by atoms with E-state index in [1.165, 1.54) is 0 Å². The lowest BCUT2D eigenvalue weighted by molar-refractivity contribution is 0.0496. The third kappa shape index (κ3) is 1.77. The number of nitrogens with two attached hydrogens (primary N) is 1. The summed E-state index contributed by atoms with van der Waals surface area (Å²) in [7, 11) is 0. The summed E-state index contributed by atoms with van der Waals surface area (Å²) in [6.45, 7) is 1.33. The number of hydrogen-bond donors (Lipinski definition) is 3. The molecule has 5 heteroatoms. The summed E-state index contributed by atoms with van der Waals surface area (Å²) in [5.74, 6) is 1.01. The Balaban J connectivity index is 2.05. The van der Waals surface area contributed by atoms with E-state index < -0.39 is 5.54 Å². The molecule has 2 heterocycles. The highest BCUT2D eigenvalue weighted by molar-refractivity contribution is 5.76. The van der Waals surface area contributed by atoms with Crippen molar-refractivity contribution in [3.63, 3.8) is 0 Å². The van der Waals surface area contributed by atoms with Crippen molar-refractivity contribution >= 4 is 11.0 Å². The fourth-order valence-corrected chi connectivity index (χ4v) is 2.21. The van der Waals surface area contributed by atoms with Gasteiger partial charge in [0.1, 0.15) is 11.6 Å². The van der Waals surface area contributed by atoms with Crippen molar-refractivity contribution in [3.8, 4) is 5.75 Å². The van der Waals surface area contributed by atoms with E-state index in [1.54, 1.807) is 18.2 Å². The molecule has 1 aliphatic heterocycles. The van der Waals surface area contributed by atoms with Crippen molar-refractivity contribution in [2.24, 2.45) is 5.73 Å². The van der Waals surface area contributed by atoms with E-state index in [2.05, 4.69) is 9.97 Å². The van der Waals surface area contributed by atoms with E-state index in [0.29, 0.717) is 13.2 Å². The first-order valence-corrected chi connectivity index (χ1v) is 5.73. The van der Waals surface area contributed by atoms with Crippen LogP contribution in [0.25, 0.3) is 11.0 Å². The smallest absolute Gasteiger partial charge is 0.127 e. The molecule has 0 aliphatic carbocycles. The number of hydrogen-bond acceptors (Lipinski definition) is 4. The summed E-state index contributed by atoms with van der Waals surface area (Å²) >= 11 is 0. The molecule has 3 rings (SSSR count). The molecule has 1 aliphatic rings. The molecule has 1 fully saturated rings. The molecular formula is C12H15N3O2. The van der Waals surface area contributed by atoms with Gasteiger partial charge in [-0.2, -0.15) is 0 Å². The molecule has 17 heavy (non-hydrogen) atoms. The number of fused-ring (bicyclic) bond motifs is 1. The number of aromatic amines is 1. The highest BCUT2D eigenvalue weighted by Crippen LogP contribution is 2.29. The number of aromatic nitrogens is 2. The Bertz CT molecular complexity index is 544. The Kier molecular flexibility index (Phi) is 2.31. The summed E-state index contributed by atoms with van der Waals surface area (Å²) in [4.78, 5) is 7.70. The van der Waals surface area contributed by atoms with Crippen molar-refractivity contribution in [2.75, 3.05) is 13.2 Å². The Hall–Kier alpha value is -1.59. The highest BCUT2D eigenvalue weighted by Gasteiger charge is 2.33. The Morgan fingerprint density at radius 1 is 1.35 bits per heavy atom. The number of nitrogens with one attached hydrogen (secondary N) is 1. The van der Waals surface area contributed by atoms with Gasteiger partial charge in [0.2, 0.25) is 0 Å². The van der Waals surface area contributed by atoms with Gasteiger partial charge in [-0.05, 0) is 25.0 Å². The van der Waals surface area contributed by atoms with Crippen molar-refractivity contribution < 1.29 is 9.84 Å². The molecule has 0 unspecified atom stereocenters. The number of aromatic hydroxyl groups is 1. The number of ether oxygens (including phenoxy) is 1. The van der Waals surface area contributed by atoms with Crippen molar-refractivity contribution in [2.45, 2.75) is 18.4 Å². The molecule has 0 atom stereocenters. The second-order valence-electron chi connectivity index (χ2n) is 4.56. The van der Waals surface area contributed by atoms with Crippen LogP contribution in [0.2, 0.25) is 0 Å². The molecular weight excluding hydrogens is 218 g/mol. The normalized spacial score (nSPS) is 19.6. The zero-order chi connectivity index (χ0) is 11.9. The zero-order valence-electron chi connectivity index (χ0n) is 9.44. The molecule has 2 aromatic rings. The van der Waals surface area contributed by atoms with Crippen LogP contribution in [0, 0.1) is 0 Å². The molecule has 1 aromatic heterocycles. The first-order chi connectivity index (χ1) is 8.17. The Labute approximate surface area is 98.6 Å². The van der Waals surface area contributed by atoms with Crippen LogP contribution in [0.5, 0.6) is 5.75 Å². The summed E-state index contributed by atoms with van der Waals surface area (Å²) in [6, 6.07) is 5.07. The molecule has 4 N–H and O–H groups in total. The number of phenolic OH excluding ortho intramolecular Hbond substituents is 1. The van der Waals surface area contributed by atoms with Crippen LogP contribution < -0.4 is 5.73 Å². The quantitative estimate of drug-likeness (QED) is 0.691. The lowest BCUT2D eigenvalue weighted by Gasteiger charge is -2.31. The second kappa shape index (κ2) is 3.72. The van der Waals surface area contributed by atoms with Crippen LogP contribution in [0.4, 0.5) is 0 Å². The number of phenols is 1. The minimum atomic E-state index is -0.438. The number of nitrogens with zero attached hydrogens (tertiary/aromatic N) is 1. The topological polar surface area (TPSA) is 84.2 Å². The summed E-state index contributed by atoms with van der Waals surface area (Å²) in [5.41, 5.74) is 7.55. The maximum Gasteiger partial charge on any atom is 0.127 e. The average Bonchev–Trinajstić information content (AvgIpc) is 2.73. The molecule has 0 bridgehead atoms. The fraction of sp³-hybridized carbons (Fsp3) is 0.417. The fourth-order valence-electron chi connectivity index (χ4n) is 2.21. The SMILES string of the molecule is NC1(c2nc3ccc(O)cc3[nH]2)CCOCC1. The minimum absolute atomic E-state index is 0.228. The predicted octanol–water partition coefficient (Wildman–Crippen LogP) is 1.23. The summed E-state index contributed by atoms with van der Waals surface area (Å²) < 4.78 is 5.32. The second-order valence-corrected chi connectivity index (χ2v) is 4.56. The van der Waals surface area contributed by atoms with Crippen LogP contribution in [0.1, 0.15) is 18.7 Å². The summed E-state index contributed by atoms with van der Waals surface area (Å²) in [6.07, 6.45) is 1.53. The van der Waals surface area contributed by atoms with Gasteiger partial charge in [-0.1, -0.05) is 0 Å². The maximum absolute atomic E-state index is 9.42. The molecule has 0 saturated carbocycles. The third-order valence-corrected chi connectivity index (χ3v) is 3.32. The lowest BCUT2D eigenvalue weighted by atomic mass is 9.91. The monoisotopic (exact) mass is 233 g/mol. The van der Waals surface area contributed by atoms with Crippen LogP contribution in [0.15, 0.2) is 18.2 Å². The maximum atomic E-state index is 9.42. The van der Waals surface area contributed by atoms with Crippen molar-refractivity contribution in [1.82, 2.24) is 9.97 Å². The first kappa shape index (κ1) is 10.6. The van der Waals surface area contributed by atoms with Gasteiger partial charge in [-0.3, -0.25) is 0 Å². The molecule has 0 spiro atoms. The largest absolute Gasteiger partial charge is 0.508 e. The van der Waals surface area contributed by atoms with Gasteiger partial charge in [-0.25, -0.2) is 4.98 Å². The predicted molar refractivity (Wildman–Crippen MR) is 63.7 cm³/mol. The van der Waals surface area contributed by atoms with E-state index in [0.717, 1.165) is 29.7 Å².